The molecular weight excluding hydrogens is 172 g/mol. The summed E-state index contributed by atoms with van der Waals surface area (Å²) < 4.78 is 0. The van der Waals surface area contributed by atoms with E-state index in [9.17, 15) is 0 Å². The fourth-order valence-corrected chi connectivity index (χ4v) is 1.98. The third kappa shape index (κ3) is 4.07. The summed E-state index contributed by atoms with van der Waals surface area (Å²) in [5, 5.41) is 3.56. The summed E-state index contributed by atoms with van der Waals surface area (Å²) in [6.45, 7) is 11.8. The lowest BCUT2D eigenvalue weighted by molar-refractivity contribution is 0.261. The highest BCUT2D eigenvalue weighted by Crippen LogP contribution is 2.08. The molecule has 1 saturated heterocycles. The Morgan fingerprint density at radius 2 is 1.93 bits per heavy atom. The predicted molar refractivity (Wildman–Crippen MR) is 62.5 cm³/mol. The number of piperidine rings is 1. The van der Waals surface area contributed by atoms with E-state index in [0.717, 1.165) is 19.6 Å². The fourth-order valence-electron chi connectivity index (χ4n) is 1.98. The van der Waals surface area contributed by atoms with E-state index in [0.29, 0.717) is 6.04 Å². The van der Waals surface area contributed by atoms with Crippen molar-refractivity contribution in [2.24, 2.45) is 0 Å². The van der Waals surface area contributed by atoms with Gasteiger partial charge in [0.2, 0.25) is 0 Å². The van der Waals surface area contributed by atoms with E-state index in [4.69, 9.17) is 0 Å². The van der Waals surface area contributed by atoms with Crippen molar-refractivity contribution in [2.75, 3.05) is 26.2 Å². The molecule has 0 aromatic carbocycles. The first-order valence-electron chi connectivity index (χ1n) is 5.54. The molecule has 0 unspecified atom stereocenters. The van der Waals surface area contributed by atoms with Gasteiger partial charge >= 0.3 is 0 Å². The quantitative estimate of drug-likeness (QED) is 0.649. The van der Waals surface area contributed by atoms with Crippen LogP contribution in [0.5, 0.6) is 0 Å². The summed E-state index contributed by atoms with van der Waals surface area (Å²) in [6.07, 6.45) is 7.94. The zero-order valence-corrected chi connectivity index (χ0v) is 9.04. The molecule has 0 spiro atoms. The van der Waals surface area contributed by atoms with E-state index in [2.05, 4.69) is 23.4 Å². The van der Waals surface area contributed by atoms with Crippen LogP contribution in [-0.4, -0.2) is 37.1 Å². The molecule has 1 N–H and O–H groups in total. The highest BCUT2D eigenvalue weighted by atomic mass is 15.1. The molecule has 0 aromatic rings. The lowest BCUT2D eigenvalue weighted by Gasteiger charge is -2.29. The normalized spacial score (nSPS) is 22.2. The van der Waals surface area contributed by atoms with Gasteiger partial charge in [-0.3, -0.25) is 4.90 Å². The van der Waals surface area contributed by atoms with Gasteiger partial charge in [-0.25, -0.2) is 0 Å². The summed E-state index contributed by atoms with van der Waals surface area (Å²) in [5.41, 5.74) is 0. The fraction of sp³-hybridized carbons (Fsp3) is 0.667. The smallest absolute Gasteiger partial charge is 0.0195 e. The molecule has 0 amide bonds. The van der Waals surface area contributed by atoms with Crippen LogP contribution in [0.3, 0.4) is 0 Å². The largest absolute Gasteiger partial charge is 0.313 e. The Hall–Kier alpha value is -0.600. The third-order valence-corrected chi connectivity index (χ3v) is 2.67. The molecule has 1 heterocycles. The average molecular weight is 194 g/mol. The molecule has 0 saturated carbocycles. The minimum Gasteiger partial charge on any atom is -0.313 e. The first-order valence-corrected chi connectivity index (χ1v) is 5.54. The Bertz CT molecular complexity index is 161. The standard InChI is InChI=1S/C12H22N2/c1-3-9-14(10-4-2)11-12-7-5-6-8-13-12/h3-4,12-13H,1-2,5-11H2/t12-/m0/s1. The highest BCUT2D eigenvalue weighted by Gasteiger charge is 2.14. The Kier molecular flexibility index (Phi) is 5.57. The first-order chi connectivity index (χ1) is 6.86. The maximum atomic E-state index is 3.78. The van der Waals surface area contributed by atoms with E-state index < -0.39 is 0 Å². The van der Waals surface area contributed by atoms with Crippen molar-refractivity contribution in [3.8, 4) is 0 Å². The SMILES string of the molecule is C=CCN(CC=C)C[C@@H]1CCCCN1. The molecule has 1 fully saturated rings. The predicted octanol–water partition coefficient (Wildman–Crippen LogP) is 1.80. The molecule has 0 aromatic heterocycles. The van der Waals surface area contributed by atoms with Gasteiger partial charge in [-0.15, -0.1) is 13.2 Å². The number of rotatable bonds is 6. The Labute approximate surface area is 87.7 Å². The van der Waals surface area contributed by atoms with Crippen LogP contribution in [0.25, 0.3) is 0 Å². The van der Waals surface area contributed by atoms with Crippen LogP contribution in [0.2, 0.25) is 0 Å². The van der Waals surface area contributed by atoms with Crippen LogP contribution in [0.1, 0.15) is 19.3 Å². The van der Waals surface area contributed by atoms with Crippen LogP contribution in [0.4, 0.5) is 0 Å². The molecule has 14 heavy (non-hydrogen) atoms. The van der Waals surface area contributed by atoms with Crippen LogP contribution in [0.15, 0.2) is 25.3 Å². The third-order valence-electron chi connectivity index (χ3n) is 2.67. The van der Waals surface area contributed by atoms with Gasteiger partial charge in [0.1, 0.15) is 0 Å². The van der Waals surface area contributed by atoms with Gasteiger partial charge < -0.3 is 5.32 Å². The maximum Gasteiger partial charge on any atom is 0.0195 e. The molecule has 1 aliphatic rings. The first kappa shape index (κ1) is 11.5. The summed E-state index contributed by atoms with van der Waals surface area (Å²) >= 11 is 0. The van der Waals surface area contributed by atoms with E-state index in [-0.39, 0.29) is 0 Å². The molecule has 80 valence electrons. The van der Waals surface area contributed by atoms with Gasteiger partial charge in [0.05, 0.1) is 0 Å². The lowest BCUT2D eigenvalue weighted by atomic mass is 10.0. The summed E-state index contributed by atoms with van der Waals surface area (Å²) in [4.78, 5) is 2.38. The minimum absolute atomic E-state index is 0.670. The van der Waals surface area contributed by atoms with Gasteiger partial charge in [-0.1, -0.05) is 18.6 Å². The van der Waals surface area contributed by atoms with E-state index in [1.54, 1.807) is 0 Å². The Morgan fingerprint density at radius 1 is 1.21 bits per heavy atom. The number of nitrogens with zero attached hydrogens (tertiary/aromatic N) is 1. The molecule has 0 radical (unpaired) electrons. The van der Waals surface area contributed by atoms with Crippen molar-refractivity contribution in [1.82, 2.24) is 10.2 Å². The molecule has 0 aliphatic carbocycles. The number of hydrogen-bond donors (Lipinski definition) is 1. The molecule has 0 bridgehead atoms. The lowest BCUT2D eigenvalue weighted by Crippen LogP contribution is -2.43. The highest BCUT2D eigenvalue weighted by molar-refractivity contribution is 4.84. The van der Waals surface area contributed by atoms with Crippen molar-refractivity contribution in [1.29, 1.82) is 0 Å². The van der Waals surface area contributed by atoms with E-state index in [1.807, 2.05) is 12.2 Å². The Balaban J connectivity index is 2.28. The maximum absolute atomic E-state index is 3.78. The average Bonchev–Trinajstić information content (AvgIpc) is 2.20. The second kappa shape index (κ2) is 6.80. The van der Waals surface area contributed by atoms with E-state index in [1.165, 1.54) is 25.8 Å². The number of nitrogens with one attached hydrogen (secondary N) is 1. The molecule has 2 heteroatoms. The number of hydrogen-bond acceptors (Lipinski definition) is 2. The topological polar surface area (TPSA) is 15.3 Å². The molecule has 1 rings (SSSR count). The second-order valence-corrected chi connectivity index (χ2v) is 3.94. The second-order valence-electron chi connectivity index (χ2n) is 3.94. The van der Waals surface area contributed by atoms with Crippen molar-refractivity contribution >= 4 is 0 Å². The van der Waals surface area contributed by atoms with Gasteiger partial charge in [0.25, 0.3) is 0 Å². The molecular formula is C12H22N2. The van der Waals surface area contributed by atoms with Gasteiger partial charge in [-0.05, 0) is 19.4 Å². The van der Waals surface area contributed by atoms with Crippen LogP contribution >= 0.6 is 0 Å². The van der Waals surface area contributed by atoms with Crippen molar-refractivity contribution < 1.29 is 0 Å². The van der Waals surface area contributed by atoms with Gasteiger partial charge in [0, 0.05) is 25.7 Å². The zero-order valence-electron chi connectivity index (χ0n) is 9.04. The monoisotopic (exact) mass is 194 g/mol. The molecule has 1 atom stereocenters. The molecule has 1 aliphatic heterocycles. The minimum atomic E-state index is 0.670. The van der Waals surface area contributed by atoms with Crippen molar-refractivity contribution in [3.05, 3.63) is 25.3 Å². The van der Waals surface area contributed by atoms with Gasteiger partial charge in [0.15, 0.2) is 0 Å². The summed E-state index contributed by atoms with van der Waals surface area (Å²) in [7, 11) is 0. The van der Waals surface area contributed by atoms with Crippen LogP contribution in [0, 0.1) is 0 Å². The van der Waals surface area contributed by atoms with Crippen LogP contribution in [-0.2, 0) is 0 Å². The van der Waals surface area contributed by atoms with Crippen molar-refractivity contribution in [3.63, 3.8) is 0 Å². The van der Waals surface area contributed by atoms with Crippen molar-refractivity contribution in [2.45, 2.75) is 25.3 Å². The Morgan fingerprint density at radius 3 is 2.43 bits per heavy atom. The molecule has 2 nitrogen and oxygen atoms in total. The summed E-state index contributed by atoms with van der Waals surface area (Å²) in [5.74, 6) is 0. The summed E-state index contributed by atoms with van der Waals surface area (Å²) in [6, 6.07) is 0.670. The van der Waals surface area contributed by atoms with E-state index >= 15 is 0 Å². The van der Waals surface area contributed by atoms with Gasteiger partial charge in [-0.2, -0.15) is 0 Å². The zero-order chi connectivity index (χ0) is 10.2. The van der Waals surface area contributed by atoms with Crippen LogP contribution < -0.4 is 5.32 Å².